The first kappa shape index (κ1) is 14.9. The van der Waals surface area contributed by atoms with Crippen LogP contribution in [0.2, 0.25) is 5.02 Å². The highest BCUT2D eigenvalue weighted by Crippen LogP contribution is 2.21. The Labute approximate surface area is 127 Å². The molecule has 2 nitrogen and oxygen atoms in total. The molecule has 5 heteroatoms. The normalized spacial score (nSPS) is 11.4. The fourth-order valence-electron chi connectivity index (χ4n) is 1.58. The van der Waals surface area contributed by atoms with Gasteiger partial charge in [-0.25, -0.2) is 4.39 Å². The van der Waals surface area contributed by atoms with Crippen molar-refractivity contribution in [3.05, 3.63) is 64.9 Å². The number of nitrogens with one attached hydrogen (secondary N) is 1. The summed E-state index contributed by atoms with van der Waals surface area (Å²) in [7, 11) is 1.71. The van der Waals surface area contributed by atoms with Gasteiger partial charge >= 0.3 is 0 Å². The highest BCUT2D eigenvalue weighted by molar-refractivity contribution is 8.13. The summed E-state index contributed by atoms with van der Waals surface area (Å²) in [5.74, 6) is 0.388. The molecule has 0 radical (unpaired) electrons. The highest BCUT2D eigenvalue weighted by Gasteiger charge is 2.04. The van der Waals surface area contributed by atoms with Gasteiger partial charge in [-0.2, -0.15) is 0 Å². The van der Waals surface area contributed by atoms with E-state index in [0.717, 1.165) is 16.6 Å². The number of hydrogen-bond donors (Lipinski definition) is 1. The Bertz CT molecular complexity index is 602. The first-order chi connectivity index (χ1) is 9.69. The van der Waals surface area contributed by atoms with Crippen LogP contribution in [-0.4, -0.2) is 12.2 Å². The Morgan fingerprint density at radius 1 is 1.25 bits per heavy atom. The Morgan fingerprint density at radius 3 is 2.65 bits per heavy atom. The molecule has 20 heavy (non-hydrogen) atoms. The van der Waals surface area contributed by atoms with Crippen LogP contribution in [0, 0.1) is 5.82 Å². The lowest BCUT2D eigenvalue weighted by molar-refractivity contribution is 0.628. The van der Waals surface area contributed by atoms with Crippen molar-refractivity contribution in [1.29, 1.82) is 0 Å². The van der Waals surface area contributed by atoms with Gasteiger partial charge in [0.15, 0.2) is 5.17 Å². The van der Waals surface area contributed by atoms with Crippen molar-refractivity contribution in [2.45, 2.75) is 5.75 Å². The van der Waals surface area contributed by atoms with E-state index in [0.29, 0.717) is 0 Å². The van der Waals surface area contributed by atoms with Gasteiger partial charge in [0.1, 0.15) is 5.82 Å². The van der Waals surface area contributed by atoms with Gasteiger partial charge in [0.25, 0.3) is 0 Å². The van der Waals surface area contributed by atoms with E-state index in [4.69, 9.17) is 11.6 Å². The van der Waals surface area contributed by atoms with E-state index < -0.39 is 5.82 Å². The van der Waals surface area contributed by atoms with Crippen LogP contribution in [0.25, 0.3) is 0 Å². The van der Waals surface area contributed by atoms with Crippen molar-refractivity contribution in [3.63, 3.8) is 0 Å². The fourth-order valence-corrected chi connectivity index (χ4v) is 2.58. The molecule has 104 valence electrons. The molecular formula is C15H14ClFN2S. The lowest BCUT2D eigenvalue weighted by atomic mass is 10.2. The predicted molar refractivity (Wildman–Crippen MR) is 86.1 cm³/mol. The first-order valence-corrected chi connectivity index (χ1v) is 7.41. The molecule has 0 amide bonds. The third kappa shape index (κ3) is 4.25. The van der Waals surface area contributed by atoms with Crippen LogP contribution < -0.4 is 5.32 Å². The minimum absolute atomic E-state index is 0.0958. The summed E-state index contributed by atoms with van der Waals surface area (Å²) < 4.78 is 13.1. The van der Waals surface area contributed by atoms with Gasteiger partial charge in [-0.05, 0) is 23.8 Å². The topological polar surface area (TPSA) is 24.4 Å². The summed E-state index contributed by atoms with van der Waals surface area (Å²) in [6.07, 6.45) is 0. The molecular weight excluding hydrogens is 295 g/mol. The lowest BCUT2D eigenvalue weighted by Crippen LogP contribution is -2.08. The van der Waals surface area contributed by atoms with E-state index in [9.17, 15) is 4.39 Å². The Morgan fingerprint density at radius 2 is 2.00 bits per heavy atom. The molecule has 0 atom stereocenters. The van der Waals surface area contributed by atoms with E-state index in [2.05, 4.69) is 22.4 Å². The lowest BCUT2D eigenvalue weighted by Gasteiger charge is -2.09. The van der Waals surface area contributed by atoms with Crippen molar-refractivity contribution in [1.82, 2.24) is 0 Å². The SMILES string of the molecule is CN=C(Nc1ccc(F)c(Cl)c1)SCc1ccccc1. The summed E-state index contributed by atoms with van der Waals surface area (Å²) in [5, 5.41) is 3.99. The van der Waals surface area contributed by atoms with Crippen molar-refractivity contribution in [2.75, 3.05) is 12.4 Å². The minimum Gasteiger partial charge on any atom is -0.335 e. The van der Waals surface area contributed by atoms with Gasteiger partial charge in [-0.3, -0.25) is 4.99 Å². The molecule has 0 saturated carbocycles. The minimum atomic E-state index is -0.427. The summed E-state index contributed by atoms with van der Waals surface area (Å²) in [5.41, 5.74) is 1.94. The fraction of sp³-hybridized carbons (Fsp3) is 0.133. The third-order valence-electron chi connectivity index (χ3n) is 2.59. The van der Waals surface area contributed by atoms with E-state index in [1.807, 2.05) is 18.2 Å². The molecule has 2 aromatic carbocycles. The van der Waals surface area contributed by atoms with Crippen molar-refractivity contribution in [2.24, 2.45) is 4.99 Å². The molecule has 0 aliphatic rings. The van der Waals surface area contributed by atoms with Crippen molar-refractivity contribution in [3.8, 4) is 0 Å². The van der Waals surface area contributed by atoms with Gasteiger partial charge in [-0.1, -0.05) is 53.7 Å². The van der Waals surface area contributed by atoms with Crippen LogP contribution >= 0.6 is 23.4 Å². The number of halogens is 2. The number of anilines is 1. The maximum Gasteiger partial charge on any atom is 0.161 e. The number of rotatable bonds is 3. The average Bonchev–Trinajstić information content (AvgIpc) is 2.48. The quantitative estimate of drug-likeness (QED) is 0.650. The molecule has 0 saturated heterocycles. The van der Waals surface area contributed by atoms with Crippen molar-refractivity contribution < 1.29 is 4.39 Å². The van der Waals surface area contributed by atoms with Gasteiger partial charge in [0.2, 0.25) is 0 Å². The highest BCUT2D eigenvalue weighted by atomic mass is 35.5. The molecule has 0 spiro atoms. The second-order valence-electron chi connectivity index (χ2n) is 4.06. The number of thioether (sulfide) groups is 1. The van der Waals surface area contributed by atoms with Crippen LogP contribution in [0.3, 0.4) is 0 Å². The average molecular weight is 309 g/mol. The van der Waals surface area contributed by atoms with Crippen LogP contribution in [0.15, 0.2) is 53.5 Å². The molecule has 1 N–H and O–H groups in total. The van der Waals surface area contributed by atoms with E-state index in [-0.39, 0.29) is 5.02 Å². The molecule has 0 fully saturated rings. The third-order valence-corrected chi connectivity index (χ3v) is 3.92. The number of nitrogens with zero attached hydrogens (tertiary/aromatic N) is 1. The molecule has 2 rings (SSSR count). The summed E-state index contributed by atoms with van der Waals surface area (Å²) >= 11 is 7.33. The maximum atomic E-state index is 13.1. The smallest absolute Gasteiger partial charge is 0.161 e. The summed E-state index contributed by atoms with van der Waals surface area (Å²) in [6.45, 7) is 0. The number of aliphatic imine (C=N–C) groups is 1. The zero-order valence-corrected chi connectivity index (χ0v) is 12.5. The molecule has 0 aromatic heterocycles. The zero-order valence-electron chi connectivity index (χ0n) is 10.9. The van der Waals surface area contributed by atoms with Crippen LogP contribution in [-0.2, 0) is 5.75 Å². The van der Waals surface area contributed by atoms with E-state index in [1.165, 1.54) is 11.6 Å². The molecule has 0 heterocycles. The van der Waals surface area contributed by atoms with Gasteiger partial charge < -0.3 is 5.32 Å². The largest absolute Gasteiger partial charge is 0.335 e. The number of amidine groups is 1. The van der Waals surface area contributed by atoms with Crippen LogP contribution in [0.4, 0.5) is 10.1 Å². The monoisotopic (exact) mass is 308 g/mol. The van der Waals surface area contributed by atoms with Gasteiger partial charge in [-0.15, -0.1) is 0 Å². The summed E-state index contributed by atoms with van der Waals surface area (Å²) in [6, 6.07) is 14.6. The Kier molecular flexibility index (Phi) is 5.44. The first-order valence-electron chi connectivity index (χ1n) is 6.04. The standard InChI is InChI=1S/C15H14ClFN2S/c1-18-15(20-10-11-5-3-2-4-6-11)19-12-7-8-14(17)13(16)9-12/h2-9H,10H2,1H3,(H,18,19). The van der Waals surface area contributed by atoms with Crippen molar-refractivity contribution >= 4 is 34.2 Å². The Balaban J connectivity index is 1.97. The molecule has 0 aliphatic heterocycles. The second kappa shape index (κ2) is 7.31. The molecule has 0 unspecified atom stereocenters. The van der Waals surface area contributed by atoms with Gasteiger partial charge in [0, 0.05) is 18.5 Å². The summed E-state index contributed by atoms with van der Waals surface area (Å²) in [4.78, 5) is 4.18. The van der Waals surface area contributed by atoms with E-state index >= 15 is 0 Å². The second-order valence-corrected chi connectivity index (χ2v) is 5.43. The van der Waals surface area contributed by atoms with Gasteiger partial charge in [0.05, 0.1) is 5.02 Å². The Hall–Kier alpha value is -1.52. The van der Waals surface area contributed by atoms with Crippen LogP contribution in [0.1, 0.15) is 5.56 Å². The number of hydrogen-bond acceptors (Lipinski definition) is 2. The maximum absolute atomic E-state index is 13.1. The molecule has 0 aliphatic carbocycles. The van der Waals surface area contributed by atoms with E-state index in [1.54, 1.807) is 30.9 Å². The molecule has 0 bridgehead atoms. The molecule has 2 aromatic rings. The predicted octanol–water partition coefficient (Wildman–Crippen LogP) is 4.81. The number of benzene rings is 2. The zero-order chi connectivity index (χ0) is 14.4. The van der Waals surface area contributed by atoms with Crippen LogP contribution in [0.5, 0.6) is 0 Å².